The molecule has 1 aliphatic rings. The molecule has 1 aliphatic heterocycles. The summed E-state index contributed by atoms with van der Waals surface area (Å²) in [5.41, 5.74) is 2.12. The molecule has 2 aromatic heterocycles. The first-order valence-electron chi connectivity index (χ1n) is 9.10. The standard InChI is InChI=1S/C20H20N2O4S3/c23-20(22-7-9-26-10-8-22)12-16-13-27-14-18(16)21-29(24,25)17-5-3-15(4-6-17)19-2-1-11-28-19/h1-6,11,13-14,21H,7-10,12H2. The lowest BCUT2D eigenvalue weighted by Gasteiger charge is -2.26. The van der Waals surface area contributed by atoms with Gasteiger partial charge >= 0.3 is 0 Å². The summed E-state index contributed by atoms with van der Waals surface area (Å²) in [6, 6.07) is 10.8. The Morgan fingerprint density at radius 2 is 1.86 bits per heavy atom. The molecule has 0 unspecified atom stereocenters. The molecular weight excluding hydrogens is 428 g/mol. The van der Waals surface area contributed by atoms with Crippen LogP contribution in [-0.4, -0.2) is 45.5 Å². The van der Waals surface area contributed by atoms with E-state index in [0.717, 1.165) is 10.4 Å². The van der Waals surface area contributed by atoms with E-state index in [1.807, 2.05) is 22.9 Å². The van der Waals surface area contributed by atoms with Crippen LogP contribution in [0, 0.1) is 0 Å². The Balaban J connectivity index is 1.47. The number of sulfonamides is 1. The average Bonchev–Trinajstić information content (AvgIpc) is 3.41. The Bertz CT molecular complexity index is 1070. The normalized spacial score (nSPS) is 14.7. The molecule has 6 nitrogen and oxygen atoms in total. The molecule has 1 fully saturated rings. The van der Waals surface area contributed by atoms with Gasteiger partial charge in [-0.2, -0.15) is 0 Å². The Hall–Kier alpha value is -2.20. The summed E-state index contributed by atoms with van der Waals surface area (Å²) >= 11 is 2.98. The number of thiophene rings is 2. The molecule has 1 saturated heterocycles. The van der Waals surface area contributed by atoms with Gasteiger partial charge in [0, 0.05) is 23.3 Å². The minimum Gasteiger partial charge on any atom is -0.378 e. The van der Waals surface area contributed by atoms with E-state index in [4.69, 9.17) is 4.74 Å². The predicted octanol–water partition coefficient (Wildman–Crippen LogP) is 3.68. The number of hydrogen-bond donors (Lipinski definition) is 1. The molecule has 0 spiro atoms. The molecular formula is C20H20N2O4S3. The van der Waals surface area contributed by atoms with Gasteiger partial charge < -0.3 is 9.64 Å². The SMILES string of the molecule is O=C(Cc1cscc1NS(=O)(=O)c1ccc(-c2cccs2)cc1)N1CCOCC1. The molecule has 0 bridgehead atoms. The van der Waals surface area contributed by atoms with Crippen molar-refractivity contribution in [3.63, 3.8) is 0 Å². The third kappa shape index (κ3) is 4.69. The van der Waals surface area contributed by atoms with Gasteiger partial charge in [0.05, 0.1) is 30.2 Å². The largest absolute Gasteiger partial charge is 0.378 e. The van der Waals surface area contributed by atoms with Gasteiger partial charge in [0.25, 0.3) is 10.0 Å². The zero-order valence-electron chi connectivity index (χ0n) is 15.5. The molecule has 0 radical (unpaired) electrons. The van der Waals surface area contributed by atoms with E-state index in [1.165, 1.54) is 11.3 Å². The summed E-state index contributed by atoms with van der Waals surface area (Å²) in [5.74, 6) is -0.0209. The third-order valence-corrected chi connectivity index (χ3v) is 7.75. The van der Waals surface area contributed by atoms with Gasteiger partial charge in [-0.15, -0.1) is 22.7 Å². The summed E-state index contributed by atoms with van der Waals surface area (Å²) < 4.78 is 33.6. The summed E-state index contributed by atoms with van der Waals surface area (Å²) in [6.07, 6.45) is 0.165. The first kappa shape index (κ1) is 20.1. The maximum absolute atomic E-state index is 12.8. The van der Waals surface area contributed by atoms with Gasteiger partial charge in [0.15, 0.2) is 0 Å². The van der Waals surface area contributed by atoms with E-state index in [-0.39, 0.29) is 17.2 Å². The van der Waals surface area contributed by atoms with Crippen LogP contribution in [0.4, 0.5) is 5.69 Å². The van der Waals surface area contributed by atoms with Crippen molar-refractivity contribution in [2.45, 2.75) is 11.3 Å². The molecule has 0 aliphatic carbocycles. The van der Waals surface area contributed by atoms with E-state index in [9.17, 15) is 13.2 Å². The van der Waals surface area contributed by atoms with Gasteiger partial charge in [0.2, 0.25) is 5.91 Å². The molecule has 1 N–H and O–H groups in total. The number of nitrogens with one attached hydrogen (secondary N) is 1. The number of morpholine rings is 1. The zero-order chi connectivity index (χ0) is 20.3. The highest BCUT2D eigenvalue weighted by Crippen LogP contribution is 2.28. The second kappa shape index (κ2) is 8.66. The topological polar surface area (TPSA) is 75.7 Å². The van der Waals surface area contributed by atoms with Crippen molar-refractivity contribution in [2.75, 3.05) is 31.0 Å². The molecule has 4 rings (SSSR count). The van der Waals surface area contributed by atoms with E-state index in [1.54, 1.807) is 45.9 Å². The Kier molecular flexibility index (Phi) is 6.00. The van der Waals surface area contributed by atoms with Crippen LogP contribution in [0.3, 0.4) is 0 Å². The molecule has 29 heavy (non-hydrogen) atoms. The highest BCUT2D eigenvalue weighted by molar-refractivity contribution is 7.92. The number of rotatable bonds is 6. The van der Waals surface area contributed by atoms with Crippen LogP contribution in [0.1, 0.15) is 5.56 Å². The quantitative estimate of drug-likeness (QED) is 0.624. The summed E-state index contributed by atoms with van der Waals surface area (Å²) in [6.45, 7) is 2.22. The van der Waals surface area contributed by atoms with E-state index in [2.05, 4.69) is 4.72 Å². The van der Waals surface area contributed by atoms with E-state index in [0.29, 0.717) is 37.6 Å². The monoisotopic (exact) mass is 448 g/mol. The van der Waals surface area contributed by atoms with Crippen molar-refractivity contribution in [3.8, 4) is 10.4 Å². The lowest BCUT2D eigenvalue weighted by atomic mass is 10.2. The van der Waals surface area contributed by atoms with Gasteiger partial charge in [-0.1, -0.05) is 18.2 Å². The van der Waals surface area contributed by atoms with Crippen LogP contribution in [0.15, 0.2) is 57.4 Å². The van der Waals surface area contributed by atoms with Crippen LogP contribution in [0.5, 0.6) is 0 Å². The van der Waals surface area contributed by atoms with E-state index < -0.39 is 10.0 Å². The number of carbonyl (C=O) groups excluding carboxylic acids is 1. The molecule has 1 amide bonds. The first-order chi connectivity index (χ1) is 14.0. The van der Waals surface area contributed by atoms with Crippen molar-refractivity contribution in [3.05, 3.63) is 58.1 Å². The van der Waals surface area contributed by atoms with Crippen molar-refractivity contribution in [1.29, 1.82) is 0 Å². The fourth-order valence-electron chi connectivity index (χ4n) is 3.08. The Labute approximate surface area is 177 Å². The van der Waals surface area contributed by atoms with Gasteiger partial charge in [-0.25, -0.2) is 8.42 Å². The van der Waals surface area contributed by atoms with Crippen LogP contribution < -0.4 is 4.72 Å². The highest BCUT2D eigenvalue weighted by atomic mass is 32.2. The van der Waals surface area contributed by atoms with E-state index >= 15 is 0 Å². The first-order valence-corrected chi connectivity index (χ1v) is 12.4. The third-order valence-electron chi connectivity index (χ3n) is 4.66. The smallest absolute Gasteiger partial charge is 0.261 e. The Morgan fingerprint density at radius 3 is 2.55 bits per heavy atom. The van der Waals surface area contributed by atoms with Gasteiger partial charge in [0.1, 0.15) is 0 Å². The number of ether oxygens (including phenoxy) is 1. The molecule has 152 valence electrons. The molecule has 0 saturated carbocycles. The average molecular weight is 449 g/mol. The van der Waals surface area contributed by atoms with Gasteiger partial charge in [-0.05, 0) is 40.1 Å². The lowest BCUT2D eigenvalue weighted by Crippen LogP contribution is -2.41. The summed E-state index contributed by atoms with van der Waals surface area (Å²) in [4.78, 5) is 15.5. The number of anilines is 1. The fourth-order valence-corrected chi connectivity index (χ4v) is 5.77. The highest BCUT2D eigenvalue weighted by Gasteiger charge is 2.21. The number of amides is 1. The molecule has 9 heteroatoms. The summed E-state index contributed by atoms with van der Waals surface area (Å²) in [7, 11) is -3.74. The molecule has 3 aromatic rings. The summed E-state index contributed by atoms with van der Waals surface area (Å²) in [5, 5.41) is 5.52. The van der Waals surface area contributed by atoms with Crippen molar-refractivity contribution in [1.82, 2.24) is 4.90 Å². The van der Waals surface area contributed by atoms with Crippen LogP contribution >= 0.6 is 22.7 Å². The second-order valence-electron chi connectivity index (χ2n) is 6.59. The number of nitrogens with zero attached hydrogens (tertiary/aromatic N) is 1. The second-order valence-corrected chi connectivity index (χ2v) is 9.96. The lowest BCUT2D eigenvalue weighted by molar-refractivity contribution is -0.134. The minimum atomic E-state index is -3.74. The molecule has 0 atom stereocenters. The zero-order valence-corrected chi connectivity index (χ0v) is 18.0. The van der Waals surface area contributed by atoms with Crippen molar-refractivity contribution in [2.24, 2.45) is 0 Å². The van der Waals surface area contributed by atoms with Gasteiger partial charge in [-0.3, -0.25) is 9.52 Å². The Morgan fingerprint density at radius 1 is 1.10 bits per heavy atom. The van der Waals surface area contributed by atoms with Crippen molar-refractivity contribution < 1.29 is 17.9 Å². The molecule has 1 aromatic carbocycles. The van der Waals surface area contributed by atoms with Crippen molar-refractivity contribution >= 4 is 44.3 Å². The number of hydrogen-bond acceptors (Lipinski definition) is 6. The maximum Gasteiger partial charge on any atom is 0.261 e. The minimum absolute atomic E-state index is 0.0209. The van der Waals surface area contributed by atoms with Crippen LogP contribution in [0.25, 0.3) is 10.4 Å². The number of benzene rings is 1. The molecule has 3 heterocycles. The number of carbonyl (C=O) groups is 1. The predicted molar refractivity (Wildman–Crippen MR) is 116 cm³/mol. The fraction of sp³-hybridized carbons (Fsp3) is 0.250. The van der Waals surface area contributed by atoms with Crippen LogP contribution in [-0.2, 0) is 26.0 Å². The van der Waals surface area contributed by atoms with Crippen LogP contribution in [0.2, 0.25) is 0 Å². The maximum atomic E-state index is 12.8.